The maximum atomic E-state index is 5.96. The minimum Gasteiger partial charge on any atom is -0.477 e. The molecule has 2 saturated heterocycles. The van der Waals surface area contributed by atoms with Gasteiger partial charge in [-0.3, -0.25) is 4.90 Å². The van der Waals surface area contributed by atoms with Crippen LogP contribution in [0.1, 0.15) is 19.3 Å². The third-order valence-electron chi connectivity index (χ3n) is 5.28. The van der Waals surface area contributed by atoms with Crippen molar-refractivity contribution in [1.29, 1.82) is 0 Å². The Morgan fingerprint density at radius 2 is 2.35 bits per heavy atom. The second-order valence-corrected chi connectivity index (χ2v) is 6.55. The highest BCUT2D eigenvalue weighted by atomic mass is 16.5. The van der Waals surface area contributed by atoms with Gasteiger partial charge in [0.05, 0.1) is 19.8 Å². The van der Waals surface area contributed by atoms with Gasteiger partial charge >= 0.3 is 0 Å². The molecule has 2 aliphatic heterocycles. The van der Waals surface area contributed by atoms with Gasteiger partial charge in [-0.2, -0.15) is 0 Å². The number of hydrogen-bond acceptors (Lipinski definition) is 4. The first-order valence-electron chi connectivity index (χ1n) is 7.71. The van der Waals surface area contributed by atoms with Crippen molar-refractivity contribution in [1.82, 2.24) is 9.88 Å². The fraction of sp³-hybridized carbons (Fsp3) is 0.688. The largest absolute Gasteiger partial charge is 0.477 e. The molecule has 4 rings (SSSR count). The van der Waals surface area contributed by atoms with Gasteiger partial charge in [-0.25, -0.2) is 4.98 Å². The fourth-order valence-corrected chi connectivity index (χ4v) is 3.76. The number of nitrogens with zero attached hydrogens (tertiary/aromatic N) is 2. The van der Waals surface area contributed by atoms with Gasteiger partial charge in [0.1, 0.15) is 0 Å². The lowest BCUT2D eigenvalue weighted by atomic mass is 9.82. The van der Waals surface area contributed by atoms with Crippen molar-refractivity contribution in [2.24, 2.45) is 11.3 Å². The minimum atomic E-state index is 0.188. The van der Waals surface area contributed by atoms with Crippen LogP contribution >= 0.6 is 0 Å². The Kier molecular flexibility index (Phi) is 3.15. The number of hydrogen-bond donors (Lipinski definition) is 0. The third-order valence-corrected chi connectivity index (χ3v) is 5.28. The lowest BCUT2D eigenvalue weighted by Crippen LogP contribution is -2.42. The van der Waals surface area contributed by atoms with E-state index in [1.54, 1.807) is 6.20 Å². The number of likely N-dealkylation sites (tertiary alicyclic amines) is 1. The summed E-state index contributed by atoms with van der Waals surface area (Å²) in [4.78, 5) is 6.93. The quantitative estimate of drug-likeness (QED) is 0.840. The Bertz CT molecular complexity index is 463. The molecule has 3 heterocycles. The van der Waals surface area contributed by atoms with Gasteiger partial charge in [0.2, 0.25) is 5.88 Å². The molecule has 0 radical (unpaired) electrons. The normalized spacial score (nSPS) is 33.9. The van der Waals surface area contributed by atoms with E-state index in [9.17, 15) is 0 Å². The van der Waals surface area contributed by atoms with E-state index < -0.39 is 0 Å². The van der Waals surface area contributed by atoms with Gasteiger partial charge in [0.25, 0.3) is 0 Å². The molecule has 1 aromatic rings. The molecule has 1 aliphatic carbocycles. The van der Waals surface area contributed by atoms with E-state index in [2.05, 4.69) is 9.88 Å². The lowest BCUT2D eigenvalue weighted by molar-refractivity contribution is 0.0666. The molecule has 2 atom stereocenters. The molecule has 1 aromatic heterocycles. The summed E-state index contributed by atoms with van der Waals surface area (Å²) in [6.45, 7) is 4.80. The number of ether oxygens (including phenoxy) is 2. The molecule has 4 heteroatoms. The van der Waals surface area contributed by atoms with Crippen LogP contribution in [-0.4, -0.2) is 48.8 Å². The van der Waals surface area contributed by atoms with Crippen molar-refractivity contribution in [3.63, 3.8) is 0 Å². The van der Waals surface area contributed by atoms with E-state index in [1.807, 2.05) is 18.2 Å². The van der Waals surface area contributed by atoms with Crippen LogP contribution in [0.4, 0.5) is 0 Å². The molecule has 0 bridgehead atoms. The monoisotopic (exact) mass is 274 g/mol. The van der Waals surface area contributed by atoms with E-state index in [0.29, 0.717) is 5.92 Å². The Balaban J connectivity index is 1.44. The summed E-state index contributed by atoms with van der Waals surface area (Å²) < 4.78 is 11.7. The average Bonchev–Trinajstić information content (AvgIpc) is 2.93. The van der Waals surface area contributed by atoms with Crippen LogP contribution in [0.2, 0.25) is 0 Å². The number of aromatic nitrogens is 1. The molecule has 3 fully saturated rings. The predicted molar refractivity (Wildman–Crippen MR) is 75.7 cm³/mol. The molecule has 0 aromatic carbocycles. The smallest absolute Gasteiger partial charge is 0.213 e. The Labute approximate surface area is 120 Å². The average molecular weight is 274 g/mol. The molecule has 4 nitrogen and oxygen atoms in total. The van der Waals surface area contributed by atoms with Crippen molar-refractivity contribution in [3.05, 3.63) is 24.4 Å². The number of fused-ring (bicyclic) bond motifs is 1. The van der Waals surface area contributed by atoms with Crippen LogP contribution in [0.3, 0.4) is 0 Å². The minimum absolute atomic E-state index is 0.188. The molecule has 20 heavy (non-hydrogen) atoms. The number of pyridine rings is 1. The Hall–Kier alpha value is -1.13. The highest BCUT2D eigenvalue weighted by Gasteiger charge is 2.52. The zero-order chi connectivity index (χ0) is 13.4. The highest BCUT2D eigenvalue weighted by Crippen LogP contribution is 2.44. The summed E-state index contributed by atoms with van der Waals surface area (Å²) in [5.41, 5.74) is 0.188. The Morgan fingerprint density at radius 3 is 3.10 bits per heavy atom. The molecular formula is C16H22N2O2. The fourth-order valence-electron chi connectivity index (χ4n) is 3.76. The molecule has 0 unspecified atom stereocenters. The van der Waals surface area contributed by atoms with Gasteiger partial charge in [-0.1, -0.05) is 12.5 Å². The van der Waals surface area contributed by atoms with Crippen LogP contribution in [0, 0.1) is 11.3 Å². The van der Waals surface area contributed by atoms with Gasteiger partial charge in [0, 0.05) is 42.7 Å². The molecule has 0 N–H and O–H groups in total. The van der Waals surface area contributed by atoms with Gasteiger partial charge in [-0.05, 0) is 18.9 Å². The van der Waals surface area contributed by atoms with Crippen LogP contribution in [0.15, 0.2) is 24.4 Å². The van der Waals surface area contributed by atoms with E-state index in [-0.39, 0.29) is 5.41 Å². The SMILES string of the molecule is c1ccc(OC[C@@]23COC[C@@H]2CN(C2CCC2)C3)nc1. The zero-order valence-corrected chi connectivity index (χ0v) is 11.8. The maximum absolute atomic E-state index is 5.96. The zero-order valence-electron chi connectivity index (χ0n) is 11.8. The second kappa shape index (κ2) is 5.01. The van der Waals surface area contributed by atoms with Gasteiger partial charge in [-0.15, -0.1) is 0 Å². The van der Waals surface area contributed by atoms with Gasteiger partial charge < -0.3 is 9.47 Å². The predicted octanol–water partition coefficient (Wildman–Crippen LogP) is 1.96. The second-order valence-electron chi connectivity index (χ2n) is 6.55. The Morgan fingerprint density at radius 1 is 1.40 bits per heavy atom. The van der Waals surface area contributed by atoms with Crippen LogP contribution in [0.5, 0.6) is 5.88 Å². The summed E-state index contributed by atoms with van der Waals surface area (Å²) in [7, 11) is 0. The summed E-state index contributed by atoms with van der Waals surface area (Å²) in [5.74, 6) is 1.36. The summed E-state index contributed by atoms with van der Waals surface area (Å²) in [5, 5.41) is 0. The molecule has 0 amide bonds. The third kappa shape index (κ3) is 2.11. The van der Waals surface area contributed by atoms with Gasteiger partial charge in [0.15, 0.2) is 0 Å². The topological polar surface area (TPSA) is 34.6 Å². The molecular weight excluding hydrogens is 252 g/mol. The van der Waals surface area contributed by atoms with Crippen molar-refractivity contribution in [2.75, 3.05) is 32.9 Å². The van der Waals surface area contributed by atoms with E-state index >= 15 is 0 Å². The highest BCUT2D eigenvalue weighted by molar-refractivity contribution is 5.10. The molecule has 108 valence electrons. The molecule has 1 saturated carbocycles. The van der Waals surface area contributed by atoms with Crippen LogP contribution in [-0.2, 0) is 4.74 Å². The molecule has 0 spiro atoms. The first kappa shape index (κ1) is 12.6. The summed E-state index contributed by atoms with van der Waals surface area (Å²) >= 11 is 0. The van der Waals surface area contributed by atoms with Crippen molar-refractivity contribution in [2.45, 2.75) is 25.3 Å². The lowest BCUT2D eigenvalue weighted by Gasteiger charge is -2.36. The van der Waals surface area contributed by atoms with Crippen molar-refractivity contribution >= 4 is 0 Å². The summed E-state index contributed by atoms with van der Waals surface area (Å²) in [6.07, 6.45) is 5.94. The first-order chi connectivity index (χ1) is 9.86. The number of rotatable bonds is 4. The standard InChI is InChI=1S/C16H22N2O2/c1-2-7-17-15(6-1)20-12-16-10-18(14-4-3-5-14)8-13(16)9-19-11-16/h1-2,6-7,13-14H,3-5,8-12H2/t13-,16+/m0/s1. The summed E-state index contributed by atoms with van der Waals surface area (Å²) in [6, 6.07) is 6.64. The first-order valence-corrected chi connectivity index (χ1v) is 7.71. The van der Waals surface area contributed by atoms with Crippen molar-refractivity contribution < 1.29 is 9.47 Å². The molecule has 3 aliphatic rings. The van der Waals surface area contributed by atoms with Crippen LogP contribution in [0.25, 0.3) is 0 Å². The van der Waals surface area contributed by atoms with E-state index in [0.717, 1.165) is 38.3 Å². The van der Waals surface area contributed by atoms with Crippen LogP contribution < -0.4 is 4.74 Å². The van der Waals surface area contributed by atoms with E-state index in [4.69, 9.17) is 9.47 Å². The van der Waals surface area contributed by atoms with E-state index in [1.165, 1.54) is 25.8 Å². The van der Waals surface area contributed by atoms with Crippen molar-refractivity contribution in [3.8, 4) is 5.88 Å². The maximum Gasteiger partial charge on any atom is 0.213 e.